The third-order valence-corrected chi connectivity index (χ3v) is 5.60. The van der Waals surface area contributed by atoms with Gasteiger partial charge in [-0.3, -0.25) is 0 Å². The average Bonchev–Trinajstić information content (AvgIpc) is 3.31. The van der Waals surface area contributed by atoms with Crippen LogP contribution in [0.25, 0.3) is 0 Å². The summed E-state index contributed by atoms with van der Waals surface area (Å²) in [6.07, 6.45) is 5.76. The smallest absolute Gasteiger partial charge is 0.315 e. The maximum absolute atomic E-state index is 12.4. The van der Waals surface area contributed by atoms with Gasteiger partial charge in [0.15, 0.2) is 0 Å². The van der Waals surface area contributed by atoms with Crippen LogP contribution in [0.5, 0.6) is 0 Å². The molecule has 1 atom stereocenters. The van der Waals surface area contributed by atoms with Crippen LogP contribution in [-0.2, 0) is 6.54 Å². The SMILES string of the molecule is O=C(NCc1nccs1)NC(c1ccccc1)C1(CO)CCCC1. The molecule has 0 radical (unpaired) electrons. The van der Waals surface area contributed by atoms with Gasteiger partial charge in [-0.15, -0.1) is 11.3 Å². The van der Waals surface area contributed by atoms with Crippen molar-refractivity contribution in [2.45, 2.75) is 38.3 Å². The van der Waals surface area contributed by atoms with Crippen LogP contribution >= 0.6 is 11.3 Å². The lowest BCUT2D eigenvalue weighted by molar-refractivity contribution is 0.0893. The largest absolute Gasteiger partial charge is 0.396 e. The number of hydrogen-bond donors (Lipinski definition) is 3. The monoisotopic (exact) mass is 345 g/mol. The van der Waals surface area contributed by atoms with Gasteiger partial charge >= 0.3 is 6.03 Å². The average molecular weight is 345 g/mol. The van der Waals surface area contributed by atoms with Crippen molar-refractivity contribution in [1.82, 2.24) is 15.6 Å². The Morgan fingerprint density at radius 2 is 2.04 bits per heavy atom. The van der Waals surface area contributed by atoms with E-state index in [2.05, 4.69) is 15.6 Å². The first-order valence-corrected chi connectivity index (χ1v) is 9.20. The number of rotatable bonds is 6. The van der Waals surface area contributed by atoms with Gasteiger partial charge < -0.3 is 15.7 Å². The Labute approximate surface area is 146 Å². The first-order valence-electron chi connectivity index (χ1n) is 8.32. The Morgan fingerprint density at radius 3 is 2.67 bits per heavy atom. The number of carbonyl (C=O) groups excluding carboxylic acids is 1. The summed E-state index contributed by atoms with van der Waals surface area (Å²) in [4.78, 5) is 16.6. The Balaban J connectivity index is 1.73. The fraction of sp³-hybridized carbons (Fsp3) is 0.444. The van der Waals surface area contributed by atoms with Crippen molar-refractivity contribution in [2.75, 3.05) is 6.61 Å². The molecule has 2 aromatic rings. The lowest BCUT2D eigenvalue weighted by Crippen LogP contribution is -2.45. The molecular weight excluding hydrogens is 322 g/mol. The molecule has 0 spiro atoms. The number of nitrogens with zero attached hydrogens (tertiary/aromatic N) is 1. The molecule has 0 saturated heterocycles. The molecule has 0 aliphatic heterocycles. The molecule has 3 rings (SSSR count). The minimum atomic E-state index is -0.278. The molecule has 1 saturated carbocycles. The van der Waals surface area contributed by atoms with E-state index in [4.69, 9.17) is 0 Å². The number of aliphatic hydroxyl groups excluding tert-OH is 1. The third-order valence-electron chi connectivity index (χ3n) is 4.82. The van der Waals surface area contributed by atoms with E-state index in [1.165, 1.54) is 11.3 Å². The number of hydrogen-bond acceptors (Lipinski definition) is 4. The first-order chi connectivity index (χ1) is 11.7. The van der Waals surface area contributed by atoms with E-state index in [0.29, 0.717) is 6.54 Å². The predicted octanol–water partition coefficient (Wildman–Crippen LogP) is 3.24. The normalized spacial score (nSPS) is 17.4. The standard InChI is InChI=1S/C18H23N3O2S/c22-13-18(8-4-5-9-18)16(14-6-2-1-3-7-14)21-17(23)20-12-15-19-10-11-24-15/h1-3,6-7,10-11,16,22H,4-5,8-9,12-13H2,(H2,20,21,23). The Bertz CT molecular complexity index is 640. The summed E-state index contributed by atoms with van der Waals surface area (Å²) < 4.78 is 0. The number of urea groups is 1. The zero-order chi connectivity index (χ0) is 16.8. The van der Waals surface area contributed by atoms with Crippen molar-refractivity contribution < 1.29 is 9.90 Å². The molecule has 5 nitrogen and oxygen atoms in total. The van der Waals surface area contributed by atoms with Gasteiger partial charge in [0.2, 0.25) is 0 Å². The second kappa shape index (κ2) is 7.77. The number of carbonyl (C=O) groups is 1. The van der Waals surface area contributed by atoms with Crippen LogP contribution in [0, 0.1) is 5.41 Å². The topological polar surface area (TPSA) is 74.2 Å². The molecule has 1 fully saturated rings. The summed E-state index contributed by atoms with van der Waals surface area (Å²) in [5.74, 6) is 0. The fourth-order valence-electron chi connectivity index (χ4n) is 3.53. The molecule has 1 unspecified atom stereocenters. The van der Waals surface area contributed by atoms with Gasteiger partial charge in [-0.2, -0.15) is 0 Å². The van der Waals surface area contributed by atoms with Crippen LogP contribution in [0.15, 0.2) is 41.9 Å². The summed E-state index contributed by atoms with van der Waals surface area (Å²) in [6, 6.07) is 9.52. The molecule has 1 aromatic heterocycles. The second-order valence-corrected chi connectivity index (χ2v) is 7.30. The minimum Gasteiger partial charge on any atom is -0.396 e. The molecule has 1 heterocycles. The van der Waals surface area contributed by atoms with Gasteiger partial charge in [-0.05, 0) is 18.4 Å². The Hall–Kier alpha value is -1.92. The molecule has 1 aromatic carbocycles. The molecule has 0 bridgehead atoms. The number of nitrogens with one attached hydrogen (secondary N) is 2. The van der Waals surface area contributed by atoms with E-state index in [9.17, 15) is 9.90 Å². The van der Waals surface area contributed by atoms with Gasteiger partial charge in [-0.25, -0.2) is 9.78 Å². The third kappa shape index (κ3) is 3.76. The molecule has 1 aliphatic carbocycles. The van der Waals surface area contributed by atoms with Crippen LogP contribution in [0.3, 0.4) is 0 Å². The van der Waals surface area contributed by atoms with Crippen molar-refractivity contribution in [3.8, 4) is 0 Å². The van der Waals surface area contributed by atoms with Crippen molar-refractivity contribution in [2.24, 2.45) is 5.41 Å². The highest BCUT2D eigenvalue weighted by Gasteiger charge is 2.42. The van der Waals surface area contributed by atoms with E-state index in [-0.39, 0.29) is 24.1 Å². The van der Waals surface area contributed by atoms with Crippen molar-refractivity contribution in [3.63, 3.8) is 0 Å². The van der Waals surface area contributed by atoms with Crippen LogP contribution in [-0.4, -0.2) is 22.7 Å². The molecule has 128 valence electrons. The molecule has 3 N–H and O–H groups in total. The number of aliphatic hydroxyl groups is 1. The summed E-state index contributed by atoms with van der Waals surface area (Å²) in [5.41, 5.74) is 0.762. The molecule has 6 heteroatoms. The first kappa shape index (κ1) is 16.9. The lowest BCUT2D eigenvalue weighted by Gasteiger charge is -2.37. The van der Waals surface area contributed by atoms with E-state index in [0.717, 1.165) is 36.3 Å². The van der Waals surface area contributed by atoms with E-state index >= 15 is 0 Å². The number of aromatic nitrogens is 1. The molecular formula is C18H23N3O2S. The van der Waals surface area contributed by atoms with Gasteiger partial charge in [0, 0.05) is 17.0 Å². The fourth-order valence-corrected chi connectivity index (χ4v) is 4.09. The number of benzene rings is 1. The Morgan fingerprint density at radius 1 is 1.29 bits per heavy atom. The second-order valence-electron chi connectivity index (χ2n) is 6.32. The summed E-state index contributed by atoms with van der Waals surface area (Å²) in [6.45, 7) is 0.496. The molecule has 1 aliphatic rings. The quantitative estimate of drug-likeness (QED) is 0.752. The van der Waals surface area contributed by atoms with Gasteiger partial charge in [-0.1, -0.05) is 43.2 Å². The van der Waals surface area contributed by atoms with E-state index in [1.54, 1.807) is 6.20 Å². The van der Waals surface area contributed by atoms with Crippen molar-refractivity contribution >= 4 is 17.4 Å². The minimum absolute atomic E-state index is 0.0827. The number of amides is 2. The van der Waals surface area contributed by atoms with Crippen LogP contribution in [0.1, 0.15) is 42.3 Å². The summed E-state index contributed by atoms with van der Waals surface area (Å²) >= 11 is 1.52. The van der Waals surface area contributed by atoms with Gasteiger partial charge in [0.25, 0.3) is 0 Å². The lowest BCUT2D eigenvalue weighted by atomic mass is 9.76. The molecule has 2 amide bonds. The van der Waals surface area contributed by atoms with Crippen LogP contribution in [0.4, 0.5) is 4.79 Å². The zero-order valence-electron chi connectivity index (χ0n) is 13.6. The highest BCUT2D eigenvalue weighted by molar-refractivity contribution is 7.09. The van der Waals surface area contributed by atoms with Gasteiger partial charge in [0.05, 0.1) is 19.2 Å². The Kier molecular flexibility index (Phi) is 5.48. The predicted molar refractivity (Wildman–Crippen MR) is 94.7 cm³/mol. The van der Waals surface area contributed by atoms with Gasteiger partial charge in [0.1, 0.15) is 5.01 Å². The number of thiazole rings is 1. The summed E-state index contributed by atoms with van der Waals surface area (Å²) in [7, 11) is 0. The molecule has 24 heavy (non-hydrogen) atoms. The van der Waals surface area contributed by atoms with E-state index < -0.39 is 0 Å². The highest BCUT2D eigenvalue weighted by atomic mass is 32.1. The maximum atomic E-state index is 12.4. The summed E-state index contributed by atoms with van der Waals surface area (Å²) in [5, 5.41) is 18.8. The van der Waals surface area contributed by atoms with E-state index in [1.807, 2.05) is 35.7 Å². The van der Waals surface area contributed by atoms with Crippen LogP contribution < -0.4 is 10.6 Å². The highest BCUT2D eigenvalue weighted by Crippen LogP contribution is 2.47. The maximum Gasteiger partial charge on any atom is 0.315 e. The van der Waals surface area contributed by atoms with Crippen LogP contribution in [0.2, 0.25) is 0 Å². The van der Waals surface area contributed by atoms with Crippen molar-refractivity contribution in [3.05, 3.63) is 52.5 Å². The zero-order valence-corrected chi connectivity index (χ0v) is 14.4. The van der Waals surface area contributed by atoms with Crippen molar-refractivity contribution in [1.29, 1.82) is 0 Å².